The maximum Gasteiger partial charge on any atom is 0.137 e. The Balaban J connectivity index is 3.22. The molecule has 0 fully saturated rings. The van der Waals surface area contributed by atoms with E-state index in [0.29, 0.717) is 17.1 Å². The smallest absolute Gasteiger partial charge is 0.137 e. The third-order valence-electron chi connectivity index (χ3n) is 2.25. The summed E-state index contributed by atoms with van der Waals surface area (Å²) >= 11 is 3.39. The van der Waals surface area contributed by atoms with E-state index in [1.165, 1.54) is 0 Å². The van der Waals surface area contributed by atoms with Crippen LogP contribution in [-0.2, 0) is 4.74 Å². The van der Waals surface area contributed by atoms with E-state index in [1.54, 1.807) is 27.4 Å². The number of hydrogen-bond donors (Lipinski definition) is 0. The van der Waals surface area contributed by atoms with Gasteiger partial charge in [0.2, 0.25) is 0 Å². The Labute approximate surface area is 115 Å². The number of ether oxygens (including phenoxy) is 3. The summed E-state index contributed by atoms with van der Waals surface area (Å²) in [6.45, 7) is 0.275. The Hall–Kier alpha value is -1.51. The van der Waals surface area contributed by atoms with Crippen LogP contribution in [-0.4, -0.2) is 27.9 Å². The van der Waals surface area contributed by atoms with Gasteiger partial charge in [-0.2, -0.15) is 5.26 Å². The normalized spacial score (nSPS) is 10.9. The van der Waals surface area contributed by atoms with Crippen LogP contribution in [0.15, 0.2) is 22.2 Å². The minimum atomic E-state index is 0.275. The molecule has 5 heteroatoms. The molecule has 1 aromatic carbocycles. The molecular weight excluding hydrogens is 298 g/mol. The number of benzene rings is 1. The minimum Gasteiger partial charge on any atom is -0.495 e. The fourth-order valence-electron chi connectivity index (χ4n) is 1.44. The first-order chi connectivity index (χ1) is 8.65. The molecule has 0 atom stereocenters. The van der Waals surface area contributed by atoms with Crippen LogP contribution >= 0.6 is 15.9 Å². The molecule has 0 aromatic heterocycles. The first-order valence-electron chi connectivity index (χ1n) is 5.17. The maximum absolute atomic E-state index is 8.96. The van der Waals surface area contributed by atoms with Crippen LogP contribution in [0.5, 0.6) is 11.5 Å². The predicted molar refractivity (Wildman–Crippen MR) is 72.7 cm³/mol. The van der Waals surface area contributed by atoms with Crippen LogP contribution in [0.2, 0.25) is 0 Å². The topological polar surface area (TPSA) is 51.5 Å². The van der Waals surface area contributed by atoms with Crippen molar-refractivity contribution in [2.24, 2.45) is 0 Å². The molecule has 0 amide bonds. The Morgan fingerprint density at radius 2 is 1.83 bits per heavy atom. The second kappa shape index (κ2) is 7.04. The molecule has 0 heterocycles. The number of hydrogen-bond acceptors (Lipinski definition) is 4. The van der Waals surface area contributed by atoms with E-state index in [-0.39, 0.29) is 6.61 Å². The van der Waals surface area contributed by atoms with Crippen molar-refractivity contribution in [1.82, 2.24) is 0 Å². The highest BCUT2D eigenvalue weighted by Gasteiger charge is 2.09. The van der Waals surface area contributed by atoms with Crippen LogP contribution in [0.4, 0.5) is 0 Å². The summed E-state index contributed by atoms with van der Waals surface area (Å²) in [5.41, 5.74) is 1.35. The van der Waals surface area contributed by atoms with Gasteiger partial charge in [0.25, 0.3) is 0 Å². The molecule has 4 nitrogen and oxygen atoms in total. The molecular formula is C13H14BrNO3. The summed E-state index contributed by atoms with van der Waals surface area (Å²) in [6, 6.07) is 5.72. The van der Waals surface area contributed by atoms with Gasteiger partial charge in [0.1, 0.15) is 16.0 Å². The van der Waals surface area contributed by atoms with Crippen molar-refractivity contribution >= 4 is 22.0 Å². The average Bonchev–Trinajstić information content (AvgIpc) is 2.39. The van der Waals surface area contributed by atoms with Gasteiger partial charge in [0.05, 0.1) is 32.5 Å². The molecule has 18 heavy (non-hydrogen) atoms. The van der Waals surface area contributed by atoms with Gasteiger partial charge in [-0.15, -0.1) is 0 Å². The Kier molecular flexibility index (Phi) is 5.69. The molecule has 1 aromatic rings. The summed E-state index contributed by atoms with van der Waals surface area (Å²) in [6.07, 6.45) is 1.74. The Bertz CT molecular complexity index is 466. The standard InChI is InChI=1S/C13H14BrNO3/c1-16-8-10(7-15)4-9-5-11(17-2)13(14)12(6-9)18-3/h4-6H,8H2,1-3H3/b10-4-. The zero-order valence-corrected chi connectivity index (χ0v) is 12.1. The van der Waals surface area contributed by atoms with Crippen LogP contribution in [0.3, 0.4) is 0 Å². The van der Waals surface area contributed by atoms with Crippen molar-refractivity contribution in [3.8, 4) is 17.6 Å². The molecule has 0 N–H and O–H groups in total. The van der Waals surface area contributed by atoms with Gasteiger partial charge < -0.3 is 14.2 Å². The van der Waals surface area contributed by atoms with Crippen molar-refractivity contribution < 1.29 is 14.2 Å². The highest BCUT2D eigenvalue weighted by molar-refractivity contribution is 9.10. The minimum absolute atomic E-state index is 0.275. The van der Waals surface area contributed by atoms with Crippen molar-refractivity contribution in [2.45, 2.75) is 0 Å². The average molecular weight is 312 g/mol. The van der Waals surface area contributed by atoms with E-state index in [2.05, 4.69) is 22.0 Å². The highest BCUT2D eigenvalue weighted by atomic mass is 79.9. The van der Waals surface area contributed by atoms with Gasteiger partial charge in [0.15, 0.2) is 0 Å². The van der Waals surface area contributed by atoms with E-state index in [4.69, 9.17) is 19.5 Å². The summed E-state index contributed by atoms with van der Waals surface area (Å²) in [5.74, 6) is 1.30. The fourth-order valence-corrected chi connectivity index (χ4v) is 1.99. The monoisotopic (exact) mass is 311 g/mol. The molecule has 0 bridgehead atoms. The quantitative estimate of drug-likeness (QED) is 0.784. The molecule has 0 spiro atoms. The van der Waals surface area contributed by atoms with Crippen molar-refractivity contribution in [3.05, 3.63) is 27.7 Å². The molecule has 96 valence electrons. The van der Waals surface area contributed by atoms with Gasteiger partial charge >= 0.3 is 0 Å². The molecule has 1 rings (SSSR count). The van der Waals surface area contributed by atoms with Gasteiger partial charge in [-0.05, 0) is 39.7 Å². The van der Waals surface area contributed by atoms with Crippen molar-refractivity contribution in [3.63, 3.8) is 0 Å². The second-order valence-electron chi connectivity index (χ2n) is 3.45. The summed E-state index contributed by atoms with van der Waals surface area (Å²) in [7, 11) is 4.70. The lowest BCUT2D eigenvalue weighted by Gasteiger charge is -2.10. The predicted octanol–water partition coefficient (Wildman–Crippen LogP) is 3.02. The summed E-state index contributed by atoms with van der Waals surface area (Å²) < 4.78 is 16.2. The zero-order valence-electron chi connectivity index (χ0n) is 10.5. The maximum atomic E-state index is 8.96. The van der Waals surface area contributed by atoms with Gasteiger partial charge in [-0.3, -0.25) is 0 Å². The molecule has 0 unspecified atom stereocenters. The summed E-state index contributed by atoms with van der Waals surface area (Å²) in [5, 5.41) is 8.96. The highest BCUT2D eigenvalue weighted by Crippen LogP contribution is 2.36. The Morgan fingerprint density at radius 1 is 1.28 bits per heavy atom. The van der Waals surface area contributed by atoms with Crippen LogP contribution < -0.4 is 9.47 Å². The number of methoxy groups -OCH3 is 3. The van der Waals surface area contributed by atoms with Crippen LogP contribution in [0.25, 0.3) is 6.08 Å². The van der Waals surface area contributed by atoms with E-state index in [1.807, 2.05) is 12.1 Å². The van der Waals surface area contributed by atoms with E-state index < -0.39 is 0 Å². The molecule has 0 aliphatic rings. The summed E-state index contributed by atoms with van der Waals surface area (Å²) in [4.78, 5) is 0. The van der Waals surface area contributed by atoms with Crippen molar-refractivity contribution in [2.75, 3.05) is 27.9 Å². The lowest BCUT2D eigenvalue weighted by Crippen LogP contribution is -1.94. The fraction of sp³-hybridized carbons (Fsp3) is 0.308. The molecule has 0 aliphatic carbocycles. The largest absolute Gasteiger partial charge is 0.495 e. The van der Waals surface area contributed by atoms with Crippen LogP contribution in [0.1, 0.15) is 5.56 Å². The van der Waals surface area contributed by atoms with Gasteiger partial charge in [-0.1, -0.05) is 0 Å². The third kappa shape index (κ3) is 3.49. The third-order valence-corrected chi connectivity index (χ3v) is 3.03. The van der Waals surface area contributed by atoms with E-state index in [9.17, 15) is 0 Å². The lowest BCUT2D eigenvalue weighted by molar-refractivity contribution is 0.229. The Morgan fingerprint density at radius 3 is 2.22 bits per heavy atom. The lowest BCUT2D eigenvalue weighted by atomic mass is 10.1. The first-order valence-corrected chi connectivity index (χ1v) is 5.96. The van der Waals surface area contributed by atoms with Gasteiger partial charge in [-0.25, -0.2) is 0 Å². The number of nitriles is 1. The number of rotatable bonds is 5. The van der Waals surface area contributed by atoms with E-state index >= 15 is 0 Å². The SMILES string of the molecule is COC/C(C#N)=C\c1cc(OC)c(Br)c(OC)c1. The van der Waals surface area contributed by atoms with Crippen LogP contribution in [0, 0.1) is 11.3 Å². The number of halogens is 1. The van der Waals surface area contributed by atoms with Crippen molar-refractivity contribution in [1.29, 1.82) is 5.26 Å². The molecule has 0 radical (unpaired) electrons. The molecule has 0 aliphatic heterocycles. The number of nitrogens with zero attached hydrogens (tertiary/aromatic N) is 1. The van der Waals surface area contributed by atoms with Gasteiger partial charge in [0, 0.05) is 7.11 Å². The zero-order chi connectivity index (χ0) is 13.5. The molecule has 0 saturated heterocycles. The van der Waals surface area contributed by atoms with E-state index in [0.717, 1.165) is 10.0 Å². The molecule has 0 saturated carbocycles. The second-order valence-corrected chi connectivity index (χ2v) is 4.25. The first kappa shape index (κ1) is 14.6.